The zero-order valence-corrected chi connectivity index (χ0v) is 18.1. The summed E-state index contributed by atoms with van der Waals surface area (Å²) in [6.07, 6.45) is 15.4. The van der Waals surface area contributed by atoms with Crippen LogP contribution in [0.2, 0.25) is 0 Å². The van der Waals surface area contributed by atoms with Crippen molar-refractivity contribution in [2.75, 3.05) is 0 Å². The molecule has 2 saturated carbocycles. The van der Waals surface area contributed by atoms with Crippen LogP contribution in [0.1, 0.15) is 75.5 Å². The second-order valence-electron chi connectivity index (χ2n) is 10.1. The van der Waals surface area contributed by atoms with E-state index >= 15 is 0 Å². The molecular weight excluding hydrogens is 364 g/mol. The summed E-state index contributed by atoms with van der Waals surface area (Å²) in [7, 11) is 0. The molecule has 0 radical (unpaired) electrons. The Morgan fingerprint density at radius 2 is 1.96 bits per heavy atom. The van der Waals surface area contributed by atoms with E-state index in [2.05, 4.69) is 43.2 Å². The Balaban J connectivity index is 1.34. The molecule has 6 atom stereocenters. The Kier molecular flexibility index (Phi) is 4.35. The zero-order valence-electron chi connectivity index (χ0n) is 17.3. The number of fused-ring (bicyclic) bond motifs is 5. The normalized spacial score (nSPS) is 42.0. The van der Waals surface area contributed by atoms with Crippen molar-refractivity contribution in [1.82, 2.24) is 10.3 Å². The molecular formula is C24H32N2OS. The average molecular weight is 397 g/mol. The average Bonchev–Trinajstić information content (AvgIpc) is 3.31. The van der Waals surface area contributed by atoms with E-state index in [1.54, 1.807) is 17.3 Å². The van der Waals surface area contributed by atoms with Crippen LogP contribution in [0.5, 0.6) is 0 Å². The maximum Gasteiger partial charge on any atom is 0.280 e. The van der Waals surface area contributed by atoms with Crippen LogP contribution in [0.25, 0.3) is 0 Å². The van der Waals surface area contributed by atoms with E-state index in [-0.39, 0.29) is 11.9 Å². The van der Waals surface area contributed by atoms with Crippen LogP contribution in [0.3, 0.4) is 0 Å². The van der Waals surface area contributed by atoms with Crippen molar-refractivity contribution in [2.24, 2.45) is 28.6 Å². The molecule has 4 heteroatoms. The predicted octanol–water partition coefficient (Wildman–Crippen LogP) is 5.76. The fraction of sp³-hybridized carbons (Fsp3) is 0.667. The zero-order chi connectivity index (χ0) is 19.5. The van der Waals surface area contributed by atoms with Crippen LogP contribution in [-0.2, 0) is 0 Å². The molecule has 1 aromatic heterocycles. The molecule has 1 aromatic rings. The molecule has 1 amide bonds. The molecule has 28 heavy (non-hydrogen) atoms. The molecule has 1 heterocycles. The summed E-state index contributed by atoms with van der Waals surface area (Å²) < 4.78 is 0. The van der Waals surface area contributed by atoms with Crippen molar-refractivity contribution in [1.29, 1.82) is 0 Å². The summed E-state index contributed by atoms with van der Waals surface area (Å²) in [6.45, 7) is 7.42. The summed E-state index contributed by atoms with van der Waals surface area (Å²) in [5.74, 6) is 2.49. The van der Waals surface area contributed by atoms with E-state index in [0.717, 1.165) is 30.6 Å². The van der Waals surface area contributed by atoms with Crippen molar-refractivity contribution in [2.45, 2.75) is 71.8 Å². The van der Waals surface area contributed by atoms with Gasteiger partial charge in [-0.15, -0.1) is 11.3 Å². The lowest BCUT2D eigenvalue weighted by molar-refractivity contribution is -0.0189. The van der Waals surface area contributed by atoms with Crippen LogP contribution in [0.4, 0.5) is 0 Å². The van der Waals surface area contributed by atoms with Gasteiger partial charge in [0.1, 0.15) is 0 Å². The summed E-state index contributed by atoms with van der Waals surface area (Å²) >= 11 is 1.42. The third kappa shape index (κ3) is 2.67. The van der Waals surface area contributed by atoms with Gasteiger partial charge in [0.05, 0.1) is 0 Å². The van der Waals surface area contributed by atoms with Gasteiger partial charge in [0.15, 0.2) is 5.01 Å². The van der Waals surface area contributed by atoms with Gasteiger partial charge in [0, 0.05) is 17.6 Å². The third-order valence-electron chi connectivity index (χ3n) is 9.03. The van der Waals surface area contributed by atoms with Gasteiger partial charge in [-0.25, -0.2) is 4.98 Å². The largest absolute Gasteiger partial charge is 0.347 e. The standard InChI is InChI=1S/C24H32N2OS/c1-15-4-7-19-18-6-5-16-14-17(26-21(27)22-25-12-13-28-22)8-10-24(16,3)20(18)9-11-23(15,19)2/h4-5,12-13,17-20H,6-11,14H2,1-3H3,(H,26,27)/t17-,18?,19?,20?,23?,24?/m1/s1. The minimum Gasteiger partial charge on any atom is -0.347 e. The molecule has 0 aromatic carbocycles. The molecule has 0 bridgehead atoms. The second-order valence-corrected chi connectivity index (χ2v) is 11.0. The smallest absolute Gasteiger partial charge is 0.280 e. The molecule has 150 valence electrons. The summed E-state index contributed by atoms with van der Waals surface area (Å²) in [5.41, 5.74) is 4.05. The van der Waals surface area contributed by atoms with Crippen LogP contribution >= 0.6 is 11.3 Å². The molecule has 0 saturated heterocycles. The molecule has 4 aliphatic rings. The highest BCUT2D eigenvalue weighted by atomic mass is 32.1. The summed E-state index contributed by atoms with van der Waals surface area (Å²) in [4.78, 5) is 16.6. The molecule has 0 spiro atoms. The molecule has 1 N–H and O–H groups in total. The number of nitrogens with zero attached hydrogens (tertiary/aromatic N) is 1. The number of hydrogen-bond donors (Lipinski definition) is 1. The van der Waals surface area contributed by atoms with Gasteiger partial charge >= 0.3 is 0 Å². The van der Waals surface area contributed by atoms with E-state index in [0.29, 0.717) is 15.8 Å². The van der Waals surface area contributed by atoms with E-state index in [4.69, 9.17) is 0 Å². The Morgan fingerprint density at radius 1 is 1.14 bits per heavy atom. The predicted molar refractivity (Wildman–Crippen MR) is 114 cm³/mol. The van der Waals surface area contributed by atoms with Gasteiger partial charge < -0.3 is 5.32 Å². The van der Waals surface area contributed by atoms with Crippen molar-refractivity contribution in [3.63, 3.8) is 0 Å². The van der Waals surface area contributed by atoms with E-state index in [1.165, 1.54) is 43.4 Å². The van der Waals surface area contributed by atoms with Crippen LogP contribution < -0.4 is 5.32 Å². The van der Waals surface area contributed by atoms with E-state index in [1.807, 2.05) is 5.38 Å². The van der Waals surface area contributed by atoms with Crippen molar-refractivity contribution in [3.8, 4) is 0 Å². The Hall–Kier alpha value is -1.42. The second kappa shape index (κ2) is 6.55. The highest BCUT2D eigenvalue weighted by Gasteiger charge is 2.56. The minimum atomic E-state index is -0.00109. The monoisotopic (exact) mass is 396 g/mol. The van der Waals surface area contributed by atoms with Crippen LogP contribution in [-0.4, -0.2) is 16.9 Å². The molecule has 2 fully saturated rings. The summed E-state index contributed by atoms with van der Waals surface area (Å²) in [6, 6.07) is 0.261. The van der Waals surface area contributed by atoms with Crippen molar-refractivity contribution < 1.29 is 4.79 Å². The first kappa shape index (κ1) is 18.6. The molecule has 5 rings (SSSR count). The van der Waals surface area contributed by atoms with Gasteiger partial charge in [-0.1, -0.05) is 37.1 Å². The lowest BCUT2D eigenvalue weighted by Gasteiger charge is -2.58. The SMILES string of the molecule is CC1=CCC2C3CC=C4C[C@H](NC(=O)c5nccs5)CCC4(C)C3CCC12C. The number of rotatable bonds is 2. The maximum atomic E-state index is 12.4. The number of thiazole rings is 1. The third-order valence-corrected chi connectivity index (χ3v) is 9.81. The fourth-order valence-electron chi connectivity index (χ4n) is 7.15. The van der Waals surface area contributed by atoms with Gasteiger partial charge in [-0.2, -0.15) is 0 Å². The quantitative estimate of drug-likeness (QED) is 0.646. The lowest BCUT2D eigenvalue weighted by atomic mass is 9.47. The van der Waals surface area contributed by atoms with Gasteiger partial charge in [-0.3, -0.25) is 4.79 Å². The first-order valence-corrected chi connectivity index (χ1v) is 11.9. The van der Waals surface area contributed by atoms with Crippen LogP contribution in [0.15, 0.2) is 34.9 Å². The number of aromatic nitrogens is 1. The lowest BCUT2D eigenvalue weighted by Crippen LogP contribution is -2.51. The first-order chi connectivity index (χ1) is 13.4. The Bertz CT molecular complexity index is 841. The number of carbonyl (C=O) groups excluding carboxylic acids is 1. The van der Waals surface area contributed by atoms with Gasteiger partial charge in [0.25, 0.3) is 5.91 Å². The number of carbonyl (C=O) groups is 1. The highest BCUT2D eigenvalue weighted by molar-refractivity contribution is 7.11. The maximum absolute atomic E-state index is 12.4. The number of allylic oxidation sites excluding steroid dienone is 3. The topological polar surface area (TPSA) is 42.0 Å². The van der Waals surface area contributed by atoms with E-state index in [9.17, 15) is 4.79 Å². The Labute approximate surface area is 172 Å². The Morgan fingerprint density at radius 3 is 2.75 bits per heavy atom. The highest BCUT2D eigenvalue weighted by Crippen LogP contribution is 2.64. The first-order valence-electron chi connectivity index (χ1n) is 11.0. The van der Waals surface area contributed by atoms with Gasteiger partial charge in [-0.05, 0) is 80.5 Å². The molecule has 0 aliphatic heterocycles. The van der Waals surface area contributed by atoms with Gasteiger partial charge in [0.2, 0.25) is 0 Å². The number of nitrogens with one attached hydrogen (secondary N) is 1. The minimum absolute atomic E-state index is 0.00109. The van der Waals surface area contributed by atoms with Crippen molar-refractivity contribution >= 4 is 17.2 Å². The van der Waals surface area contributed by atoms with Crippen molar-refractivity contribution in [3.05, 3.63) is 39.9 Å². The fourth-order valence-corrected chi connectivity index (χ4v) is 7.69. The summed E-state index contributed by atoms with van der Waals surface area (Å²) in [5, 5.41) is 5.71. The van der Waals surface area contributed by atoms with E-state index < -0.39 is 0 Å². The molecule has 4 aliphatic carbocycles. The van der Waals surface area contributed by atoms with Crippen LogP contribution in [0, 0.1) is 28.6 Å². The molecule has 3 nitrogen and oxygen atoms in total. The number of amides is 1. The number of hydrogen-bond acceptors (Lipinski definition) is 3. The molecule has 5 unspecified atom stereocenters.